The summed E-state index contributed by atoms with van der Waals surface area (Å²) in [6.45, 7) is 2.48. The van der Waals surface area contributed by atoms with E-state index in [0.29, 0.717) is 70.5 Å². The smallest absolute Gasteiger partial charge is 0.260 e. The number of fused-ring (bicyclic) bond motifs is 4. The zero-order chi connectivity index (χ0) is 35.3. The Kier molecular flexibility index (Phi) is 8.40. The summed E-state index contributed by atoms with van der Waals surface area (Å²) in [5.74, 6) is 1.53. The maximum Gasteiger partial charge on any atom is 0.260 e. The van der Waals surface area contributed by atoms with Gasteiger partial charge in [-0.1, -0.05) is 12.1 Å². The largest absolute Gasteiger partial charge is 0.493 e. The number of nitrogens with zero attached hydrogens (tertiary/aromatic N) is 2. The van der Waals surface area contributed by atoms with Crippen molar-refractivity contribution in [1.29, 1.82) is 0 Å². The normalized spacial score (nSPS) is 21.0. The molecule has 3 aromatic rings. The van der Waals surface area contributed by atoms with Gasteiger partial charge < -0.3 is 45.1 Å². The first kappa shape index (κ1) is 32.8. The molecule has 1 saturated carbocycles. The second kappa shape index (κ2) is 13.1. The Morgan fingerprint density at radius 1 is 0.824 bits per heavy atom. The fourth-order valence-corrected chi connectivity index (χ4v) is 7.80. The third-order valence-electron chi connectivity index (χ3n) is 10.9. The van der Waals surface area contributed by atoms with E-state index in [-0.39, 0.29) is 23.8 Å². The van der Waals surface area contributed by atoms with Gasteiger partial charge in [0.2, 0.25) is 5.91 Å². The second-order valence-electron chi connectivity index (χ2n) is 14.2. The first-order chi connectivity index (χ1) is 24.8. The van der Waals surface area contributed by atoms with E-state index in [0.717, 1.165) is 55.6 Å². The number of methoxy groups -OCH3 is 2. The lowest BCUT2D eigenvalue weighted by atomic mass is 10.0. The van der Waals surface area contributed by atoms with Gasteiger partial charge in [0.1, 0.15) is 6.04 Å². The number of hydrogen-bond acceptors (Lipinski definition) is 9. The van der Waals surface area contributed by atoms with E-state index >= 15 is 0 Å². The highest BCUT2D eigenvalue weighted by molar-refractivity contribution is 6.12. The van der Waals surface area contributed by atoms with Gasteiger partial charge in [0, 0.05) is 49.6 Å². The number of carbonyl (C=O) groups excluding carboxylic acids is 3. The number of benzene rings is 3. The van der Waals surface area contributed by atoms with Gasteiger partial charge in [0.15, 0.2) is 23.0 Å². The van der Waals surface area contributed by atoms with Crippen LogP contribution in [0.4, 0.5) is 17.1 Å². The summed E-state index contributed by atoms with van der Waals surface area (Å²) in [5.41, 5.74) is 10.8. The van der Waals surface area contributed by atoms with Gasteiger partial charge in [0.25, 0.3) is 11.8 Å². The first-order valence-corrected chi connectivity index (χ1v) is 17.7. The Morgan fingerprint density at radius 3 is 2.12 bits per heavy atom. The number of carbonyl (C=O) groups is 3. The molecule has 4 N–H and O–H groups in total. The van der Waals surface area contributed by atoms with Crippen LogP contribution in [0.5, 0.6) is 23.0 Å². The number of unbranched alkanes of at least 4 members (excludes halogenated alkanes) is 2. The molecule has 4 aliphatic heterocycles. The molecule has 8 rings (SSSR count). The predicted octanol–water partition coefficient (Wildman–Crippen LogP) is 5.54. The van der Waals surface area contributed by atoms with Crippen LogP contribution in [0.15, 0.2) is 54.7 Å². The third kappa shape index (κ3) is 6.17. The maximum absolute atomic E-state index is 13.7. The minimum atomic E-state index is -0.660. The van der Waals surface area contributed by atoms with Gasteiger partial charge in [-0.2, -0.15) is 0 Å². The summed E-state index contributed by atoms with van der Waals surface area (Å²) in [6.07, 6.45) is 8.03. The molecule has 0 bridgehead atoms. The van der Waals surface area contributed by atoms with E-state index in [1.165, 1.54) is 24.9 Å². The van der Waals surface area contributed by atoms with Crippen LogP contribution in [0.2, 0.25) is 0 Å². The number of rotatable bonds is 11. The predicted molar refractivity (Wildman–Crippen MR) is 192 cm³/mol. The van der Waals surface area contributed by atoms with E-state index in [2.05, 4.69) is 10.6 Å². The Hall–Kier alpha value is -5.39. The number of ether oxygens (including phenoxy) is 4. The zero-order valence-electron chi connectivity index (χ0n) is 29.0. The number of hydrogen-bond donors (Lipinski definition) is 3. The Labute approximate surface area is 296 Å². The van der Waals surface area contributed by atoms with E-state index in [1.807, 2.05) is 23.1 Å². The average Bonchev–Trinajstić information content (AvgIpc) is 3.63. The summed E-state index contributed by atoms with van der Waals surface area (Å²) < 4.78 is 23.4. The van der Waals surface area contributed by atoms with Crippen molar-refractivity contribution in [2.24, 2.45) is 5.41 Å². The van der Waals surface area contributed by atoms with Crippen molar-refractivity contribution in [3.8, 4) is 23.0 Å². The molecule has 3 amide bonds. The van der Waals surface area contributed by atoms with Crippen LogP contribution in [0.25, 0.3) is 5.57 Å². The zero-order valence-corrected chi connectivity index (χ0v) is 29.0. The molecule has 1 saturated heterocycles. The number of amides is 3. The van der Waals surface area contributed by atoms with Crippen molar-refractivity contribution in [3.05, 3.63) is 71.4 Å². The molecule has 51 heavy (non-hydrogen) atoms. The van der Waals surface area contributed by atoms with Crippen LogP contribution in [0.3, 0.4) is 0 Å². The van der Waals surface area contributed by atoms with Crippen molar-refractivity contribution in [2.45, 2.75) is 57.0 Å². The molecule has 2 atom stereocenters. The molecule has 266 valence electrons. The van der Waals surface area contributed by atoms with E-state index in [9.17, 15) is 14.4 Å². The molecule has 2 fully saturated rings. The van der Waals surface area contributed by atoms with E-state index < -0.39 is 6.04 Å². The highest BCUT2D eigenvalue weighted by Crippen LogP contribution is 2.55. The Balaban J connectivity index is 0.856. The summed E-state index contributed by atoms with van der Waals surface area (Å²) in [4.78, 5) is 44.0. The van der Waals surface area contributed by atoms with E-state index in [4.69, 9.17) is 24.7 Å². The Bertz CT molecular complexity index is 1920. The summed E-state index contributed by atoms with van der Waals surface area (Å²) in [6, 6.07) is 13.9. The average molecular weight is 694 g/mol. The van der Waals surface area contributed by atoms with Gasteiger partial charge in [-0.05, 0) is 79.3 Å². The minimum Gasteiger partial charge on any atom is -0.493 e. The highest BCUT2D eigenvalue weighted by Gasteiger charge is 2.54. The van der Waals surface area contributed by atoms with Gasteiger partial charge in [-0.25, -0.2) is 0 Å². The van der Waals surface area contributed by atoms with Crippen molar-refractivity contribution in [3.63, 3.8) is 0 Å². The molecule has 12 nitrogen and oxygen atoms in total. The molecule has 0 unspecified atom stereocenters. The molecule has 1 aliphatic carbocycles. The second-order valence-corrected chi connectivity index (χ2v) is 14.2. The first-order valence-electron chi connectivity index (χ1n) is 17.7. The van der Waals surface area contributed by atoms with Crippen LogP contribution < -0.4 is 35.3 Å². The lowest BCUT2D eigenvalue weighted by Crippen LogP contribution is -2.38. The molecular weight excluding hydrogens is 650 g/mol. The van der Waals surface area contributed by atoms with Crippen LogP contribution >= 0.6 is 0 Å². The van der Waals surface area contributed by atoms with Gasteiger partial charge in [-0.15, -0.1) is 0 Å². The van der Waals surface area contributed by atoms with Crippen molar-refractivity contribution < 1.29 is 33.3 Å². The van der Waals surface area contributed by atoms with Crippen LogP contribution in [0.1, 0.15) is 71.2 Å². The van der Waals surface area contributed by atoms with Gasteiger partial charge in [0.05, 0.1) is 49.9 Å². The standard InChI is InChI=1S/C39H43N5O7/c1-48-32-15-27-29(41-20-26-19-39(10-11-39)22-44(26)38(27)47)17-34(32)50-12-4-3-5-13-51-35-18-30-28(16-33(35)49-2)37(46)43-21-24(14-31(43)36(45)42-30)23-6-8-25(40)9-7-23/h6-9,15-18,21,26,31,41H,3-5,10-14,19-20,22,40H2,1-2H3,(H,42,45)/t26-,31-/m0/s1. The van der Waals surface area contributed by atoms with Crippen LogP contribution in [-0.2, 0) is 4.79 Å². The molecule has 4 heterocycles. The van der Waals surface area contributed by atoms with Gasteiger partial charge in [-0.3, -0.25) is 14.4 Å². The van der Waals surface area contributed by atoms with Crippen molar-refractivity contribution in [1.82, 2.24) is 9.80 Å². The highest BCUT2D eigenvalue weighted by atomic mass is 16.5. The lowest BCUT2D eigenvalue weighted by Gasteiger charge is -2.21. The van der Waals surface area contributed by atoms with Crippen LogP contribution in [-0.4, -0.2) is 80.1 Å². The number of nitrogens with two attached hydrogens (primary N) is 1. The third-order valence-corrected chi connectivity index (χ3v) is 10.9. The number of anilines is 3. The molecule has 0 aromatic heterocycles. The quantitative estimate of drug-likeness (QED) is 0.174. The fraction of sp³-hybridized carbons (Fsp3) is 0.410. The SMILES string of the molecule is COc1cc2c(cc1OCCCCCOc1cc3c(cc1OC)C(=O)N1CC4(CC4)C[C@H]1CN3)NC(=O)[C@@H]1CC(c3ccc(N)cc3)=CN1C2=O. The molecule has 5 aliphatic rings. The Morgan fingerprint density at radius 2 is 1.47 bits per heavy atom. The molecular formula is C39H43N5O7. The molecule has 3 aromatic carbocycles. The summed E-state index contributed by atoms with van der Waals surface area (Å²) in [5, 5.41) is 6.44. The van der Waals surface area contributed by atoms with Crippen molar-refractivity contribution in [2.75, 3.05) is 56.9 Å². The van der Waals surface area contributed by atoms with Crippen LogP contribution in [0, 0.1) is 5.41 Å². The topological polar surface area (TPSA) is 145 Å². The van der Waals surface area contributed by atoms with E-state index in [1.54, 1.807) is 43.6 Å². The minimum absolute atomic E-state index is 0.0650. The summed E-state index contributed by atoms with van der Waals surface area (Å²) >= 11 is 0. The fourth-order valence-electron chi connectivity index (χ4n) is 7.80. The monoisotopic (exact) mass is 693 g/mol. The lowest BCUT2D eigenvalue weighted by molar-refractivity contribution is -0.119. The number of nitrogen functional groups attached to an aromatic ring is 1. The van der Waals surface area contributed by atoms with Crippen molar-refractivity contribution >= 4 is 40.4 Å². The maximum atomic E-state index is 13.7. The van der Waals surface area contributed by atoms with Gasteiger partial charge >= 0.3 is 0 Å². The molecule has 0 radical (unpaired) electrons. The number of nitrogens with one attached hydrogen (secondary N) is 2. The molecule has 12 heteroatoms. The molecule has 1 spiro atoms. The summed E-state index contributed by atoms with van der Waals surface area (Å²) in [7, 11) is 3.12.